The molecule has 0 amide bonds. The largest absolute Gasteiger partial charge is 0.673 e. The fourth-order valence-electron chi connectivity index (χ4n) is 0.687. The number of halogens is 12. The number of rotatable bonds is 0. The van der Waals surface area contributed by atoms with Crippen LogP contribution in [-0.4, -0.2) is 35.0 Å². The highest BCUT2D eigenvalue weighted by Crippen LogP contribution is 2.07. The van der Waals surface area contributed by atoms with Crippen LogP contribution in [0.1, 0.15) is 19.3 Å². The minimum Gasteiger partial charge on any atom is -0.418 e. The van der Waals surface area contributed by atoms with Gasteiger partial charge in [-0.1, -0.05) is 0 Å². The van der Waals surface area contributed by atoms with Gasteiger partial charge in [0.1, 0.15) is 0 Å². The summed E-state index contributed by atoms with van der Waals surface area (Å²) >= 11 is 0. The van der Waals surface area contributed by atoms with Crippen LogP contribution in [-0.2, 0) is 4.74 Å². The maximum Gasteiger partial charge on any atom is 0.673 e. The zero-order valence-corrected chi connectivity index (χ0v) is 10.2. The molecule has 0 saturated carbocycles. The van der Waals surface area contributed by atoms with E-state index in [0.29, 0.717) is 0 Å². The molecule has 0 spiro atoms. The standard InChI is InChI=1S/C5H10O.3BF4/c1-2-4-6-5-3-1;3*2-1(3,4)5/h1-5H2;;;/q;3*-1. The van der Waals surface area contributed by atoms with Gasteiger partial charge in [-0.15, -0.1) is 0 Å². The van der Waals surface area contributed by atoms with Crippen LogP contribution in [0.5, 0.6) is 0 Å². The van der Waals surface area contributed by atoms with E-state index in [1.165, 1.54) is 19.3 Å². The van der Waals surface area contributed by atoms with E-state index in [1.54, 1.807) is 0 Å². The molecule has 0 N–H and O–H groups in total. The first-order valence-corrected chi connectivity index (χ1v) is 5.20. The zero-order chi connectivity index (χ0) is 17.7. The molecule has 0 radical (unpaired) electrons. The molecule has 0 bridgehead atoms. The summed E-state index contributed by atoms with van der Waals surface area (Å²) in [5, 5.41) is 0. The monoisotopic (exact) mass is 347 g/mol. The van der Waals surface area contributed by atoms with Gasteiger partial charge in [0.05, 0.1) is 0 Å². The maximum atomic E-state index is 9.75. The van der Waals surface area contributed by atoms with Gasteiger partial charge in [0, 0.05) is 13.2 Å². The fraction of sp³-hybridized carbons (Fsp3) is 1.00. The van der Waals surface area contributed by atoms with Crippen LogP contribution in [0.2, 0.25) is 0 Å². The molecule has 0 atom stereocenters. The Morgan fingerprint density at radius 3 is 0.667 bits per heavy atom. The van der Waals surface area contributed by atoms with Crippen LogP contribution in [0.4, 0.5) is 51.8 Å². The first kappa shape index (κ1) is 25.3. The van der Waals surface area contributed by atoms with Crippen molar-refractivity contribution in [1.82, 2.24) is 0 Å². The minimum atomic E-state index is -6.00. The Morgan fingerprint density at radius 2 is 0.619 bits per heavy atom. The maximum absolute atomic E-state index is 9.75. The Balaban J connectivity index is -0.000000207. The molecule has 0 aromatic rings. The first-order valence-electron chi connectivity index (χ1n) is 5.20. The molecule has 1 saturated heterocycles. The van der Waals surface area contributed by atoms with Crippen molar-refractivity contribution in [2.75, 3.05) is 13.2 Å². The van der Waals surface area contributed by atoms with Crippen LogP contribution in [0, 0.1) is 0 Å². The Bertz CT molecular complexity index is 162. The quantitative estimate of drug-likeness (QED) is 0.439. The van der Waals surface area contributed by atoms with E-state index in [4.69, 9.17) is 4.74 Å². The average molecular weight is 347 g/mol. The van der Waals surface area contributed by atoms with Gasteiger partial charge in [0.15, 0.2) is 0 Å². The predicted molar refractivity (Wildman–Crippen MR) is 55.2 cm³/mol. The Morgan fingerprint density at radius 1 is 0.429 bits per heavy atom. The predicted octanol–water partition coefficient (Wildman–Crippen LogP) is 5.09. The molecule has 0 aliphatic carbocycles. The smallest absolute Gasteiger partial charge is 0.418 e. The second-order valence-corrected chi connectivity index (χ2v) is 3.16. The zero-order valence-electron chi connectivity index (χ0n) is 10.2. The highest BCUT2D eigenvalue weighted by Gasteiger charge is 2.21. The van der Waals surface area contributed by atoms with Crippen molar-refractivity contribution in [3.05, 3.63) is 0 Å². The van der Waals surface area contributed by atoms with Crippen LogP contribution in [0.15, 0.2) is 0 Å². The molecular weight excluding hydrogens is 336 g/mol. The highest BCUT2D eigenvalue weighted by atomic mass is 19.5. The second-order valence-electron chi connectivity index (χ2n) is 3.16. The number of hydrogen-bond donors (Lipinski definition) is 0. The molecule has 1 nitrogen and oxygen atoms in total. The SMILES string of the molecule is C1CCOCC1.F[B-](F)(F)F.F[B-](F)(F)F.F[B-](F)(F)F. The lowest BCUT2D eigenvalue weighted by Gasteiger charge is -2.08. The molecule has 132 valence electrons. The van der Waals surface area contributed by atoms with Crippen molar-refractivity contribution in [1.29, 1.82) is 0 Å². The molecule has 0 aromatic heterocycles. The van der Waals surface area contributed by atoms with Gasteiger partial charge >= 0.3 is 21.8 Å². The molecule has 1 fully saturated rings. The summed E-state index contributed by atoms with van der Waals surface area (Å²) in [6, 6.07) is 0. The van der Waals surface area contributed by atoms with Gasteiger partial charge in [0.2, 0.25) is 0 Å². The van der Waals surface area contributed by atoms with Crippen LogP contribution >= 0.6 is 0 Å². The first-order chi connectivity index (χ1) is 9.00. The summed E-state index contributed by atoms with van der Waals surface area (Å²) in [6.45, 7) is 2.00. The third kappa shape index (κ3) is 205. The van der Waals surface area contributed by atoms with Gasteiger partial charge in [-0.05, 0) is 19.3 Å². The summed E-state index contributed by atoms with van der Waals surface area (Å²) in [5.41, 5.74) is 0. The van der Waals surface area contributed by atoms with E-state index < -0.39 is 21.8 Å². The lowest BCUT2D eigenvalue weighted by Crippen LogP contribution is -2.03. The van der Waals surface area contributed by atoms with E-state index in [9.17, 15) is 51.8 Å². The number of ether oxygens (including phenoxy) is 1. The van der Waals surface area contributed by atoms with Crippen molar-refractivity contribution in [2.45, 2.75) is 19.3 Å². The normalized spacial score (nSPS) is 15.4. The van der Waals surface area contributed by atoms with Crippen LogP contribution < -0.4 is 0 Å². The van der Waals surface area contributed by atoms with Crippen LogP contribution in [0.3, 0.4) is 0 Å². The van der Waals surface area contributed by atoms with Gasteiger partial charge in [0.25, 0.3) is 0 Å². The molecule has 16 heteroatoms. The Hall–Kier alpha value is -0.685. The van der Waals surface area contributed by atoms with E-state index in [0.717, 1.165) is 13.2 Å². The van der Waals surface area contributed by atoms with Crippen molar-refractivity contribution in [3.63, 3.8) is 0 Å². The second kappa shape index (κ2) is 11.9. The van der Waals surface area contributed by atoms with E-state index in [1.807, 2.05) is 0 Å². The fourth-order valence-corrected chi connectivity index (χ4v) is 0.687. The van der Waals surface area contributed by atoms with E-state index in [-0.39, 0.29) is 0 Å². The van der Waals surface area contributed by atoms with Crippen molar-refractivity contribution < 1.29 is 56.5 Å². The summed E-state index contributed by atoms with van der Waals surface area (Å²) < 4.78 is 122. The molecule has 1 heterocycles. The van der Waals surface area contributed by atoms with Crippen molar-refractivity contribution in [3.8, 4) is 0 Å². The molecular formula is C5H10B3F12O-3. The van der Waals surface area contributed by atoms with Gasteiger partial charge in [-0.2, -0.15) is 0 Å². The third-order valence-corrected chi connectivity index (χ3v) is 1.08. The molecule has 0 aromatic carbocycles. The van der Waals surface area contributed by atoms with Gasteiger partial charge in [-0.3, -0.25) is 0 Å². The Kier molecular flexibility index (Phi) is 14.3. The minimum absolute atomic E-state index is 1.00. The lowest BCUT2D eigenvalue weighted by atomic mass is 10.2. The molecule has 0 unspecified atom stereocenters. The summed E-state index contributed by atoms with van der Waals surface area (Å²) in [6.07, 6.45) is 3.93. The third-order valence-electron chi connectivity index (χ3n) is 1.08. The van der Waals surface area contributed by atoms with E-state index >= 15 is 0 Å². The average Bonchev–Trinajstić information content (AvgIpc) is 2.12. The lowest BCUT2D eigenvalue weighted by molar-refractivity contribution is 0.0968. The molecule has 1 aliphatic heterocycles. The Labute approximate surface area is 112 Å². The van der Waals surface area contributed by atoms with Crippen molar-refractivity contribution >= 4 is 21.8 Å². The van der Waals surface area contributed by atoms with Gasteiger partial charge < -0.3 is 56.5 Å². The number of hydrogen-bond acceptors (Lipinski definition) is 1. The molecule has 1 aliphatic rings. The molecule has 1 rings (SSSR count). The summed E-state index contributed by atoms with van der Waals surface area (Å²) in [4.78, 5) is 0. The summed E-state index contributed by atoms with van der Waals surface area (Å²) in [5.74, 6) is 0. The topological polar surface area (TPSA) is 9.23 Å². The van der Waals surface area contributed by atoms with E-state index in [2.05, 4.69) is 0 Å². The van der Waals surface area contributed by atoms with Crippen molar-refractivity contribution in [2.24, 2.45) is 0 Å². The molecule has 21 heavy (non-hydrogen) atoms. The summed E-state index contributed by atoms with van der Waals surface area (Å²) in [7, 11) is -18.0. The van der Waals surface area contributed by atoms with Crippen LogP contribution in [0.25, 0.3) is 0 Å². The van der Waals surface area contributed by atoms with Gasteiger partial charge in [-0.25, -0.2) is 0 Å². The highest BCUT2D eigenvalue weighted by molar-refractivity contribution is 6.50.